The molecule has 2 nitrogen and oxygen atoms in total. The number of benzene rings is 1. The van der Waals surface area contributed by atoms with Crippen molar-refractivity contribution in [2.75, 3.05) is 0 Å². The van der Waals surface area contributed by atoms with Crippen LogP contribution < -0.4 is 5.73 Å². The third-order valence-corrected chi connectivity index (χ3v) is 2.00. The van der Waals surface area contributed by atoms with Gasteiger partial charge >= 0.3 is 0 Å². The van der Waals surface area contributed by atoms with Crippen LogP contribution in [-0.4, -0.2) is 5.84 Å². The predicted molar refractivity (Wildman–Crippen MR) is 56.1 cm³/mol. The van der Waals surface area contributed by atoms with Crippen molar-refractivity contribution in [1.82, 2.24) is 0 Å². The molecule has 0 spiro atoms. The first-order valence-corrected chi connectivity index (χ1v) is 4.52. The van der Waals surface area contributed by atoms with Crippen molar-refractivity contribution in [1.29, 1.82) is 0 Å². The minimum Gasteiger partial charge on any atom is -0.387 e. The third kappa shape index (κ3) is 2.50. The molecule has 0 saturated carbocycles. The van der Waals surface area contributed by atoms with Gasteiger partial charge in [0.05, 0.1) is 16.5 Å². The van der Waals surface area contributed by atoms with Gasteiger partial charge in [0.25, 0.3) is 0 Å². The second-order valence-corrected chi connectivity index (χ2v) is 3.67. The number of nitrogens with zero attached hydrogens (tertiary/aromatic N) is 1. The molecule has 0 aromatic heterocycles. The molecular formula is C8H8BrClN2. The Morgan fingerprint density at radius 1 is 1.58 bits per heavy atom. The van der Waals surface area contributed by atoms with Gasteiger partial charge in [-0.05, 0) is 25.1 Å². The molecule has 0 aliphatic heterocycles. The van der Waals surface area contributed by atoms with E-state index in [1.165, 1.54) is 0 Å². The molecule has 2 N–H and O–H groups in total. The Hall–Kier alpha value is -0.540. The lowest BCUT2D eigenvalue weighted by molar-refractivity contribution is 1.44. The smallest absolute Gasteiger partial charge is 0.0965 e. The van der Waals surface area contributed by atoms with Crippen LogP contribution >= 0.6 is 27.5 Å². The molecule has 12 heavy (non-hydrogen) atoms. The second-order valence-electron chi connectivity index (χ2n) is 2.35. The summed E-state index contributed by atoms with van der Waals surface area (Å²) in [7, 11) is 0. The summed E-state index contributed by atoms with van der Waals surface area (Å²) in [5.74, 6) is 0.499. The lowest BCUT2D eigenvalue weighted by atomic mass is 10.3. The van der Waals surface area contributed by atoms with E-state index in [9.17, 15) is 0 Å². The topological polar surface area (TPSA) is 38.4 Å². The van der Waals surface area contributed by atoms with E-state index in [0.717, 1.165) is 4.47 Å². The van der Waals surface area contributed by atoms with E-state index in [1.807, 2.05) is 12.1 Å². The van der Waals surface area contributed by atoms with Gasteiger partial charge in [0, 0.05) is 4.47 Å². The molecule has 0 bridgehead atoms. The molecule has 0 aliphatic carbocycles. The van der Waals surface area contributed by atoms with Crippen LogP contribution in [0.5, 0.6) is 0 Å². The van der Waals surface area contributed by atoms with E-state index in [0.29, 0.717) is 16.5 Å². The molecule has 4 heteroatoms. The molecule has 0 fully saturated rings. The first-order chi connectivity index (χ1) is 5.59. The Labute approximate surface area is 84.6 Å². The zero-order chi connectivity index (χ0) is 9.14. The molecule has 1 aromatic carbocycles. The zero-order valence-corrected chi connectivity index (χ0v) is 8.85. The van der Waals surface area contributed by atoms with Gasteiger partial charge in [0.15, 0.2) is 0 Å². The number of hydrogen-bond acceptors (Lipinski definition) is 1. The Kier molecular flexibility index (Phi) is 3.12. The van der Waals surface area contributed by atoms with Crippen LogP contribution in [0.25, 0.3) is 0 Å². The van der Waals surface area contributed by atoms with Crippen molar-refractivity contribution in [2.24, 2.45) is 10.7 Å². The maximum absolute atomic E-state index is 5.88. The monoisotopic (exact) mass is 246 g/mol. The van der Waals surface area contributed by atoms with Crippen molar-refractivity contribution in [2.45, 2.75) is 6.92 Å². The fraction of sp³-hybridized carbons (Fsp3) is 0.125. The van der Waals surface area contributed by atoms with E-state index < -0.39 is 0 Å². The fourth-order valence-corrected chi connectivity index (χ4v) is 1.48. The highest BCUT2D eigenvalue weighted by Crippen LogP contribution is 2.27. The summed E-state index contributed by atoms with van der Waals surface area (Å²) in [6.45, 7) is 1.72. The molecule has 0 aliphatic rings. The van der Waals surface area contributed by atoms with Crippen LogP contribution in [0.2, 0.25) is 5.02 Å². The van der Waals surface area contributed by atoms with Gasteiger partial charge in [-0.2, -0.15) is 0 Å². The molecule has 0 amide bonds. The van der Waals surface area contributed by atoms with Crippen molar-refractivity contribution in [3.05, 3.63) is 27.7 Å². The molecule has 0 radical (unpaired) electrons. The summed E-state index contributed by atoms with van der Waals surface area (Å²) in [5.41, 5.74) is 6.11. The number of rotatable bonds is 1. The van der Waals surface area contributed by atoms with Crippen LogP contribution in [-0.2, 0) is 0 Å². The van der Waals surface area contributed by atoms with Gasteiger partial charge in [-0.15, -0.1) is 0 Å². The van der Waals surface area contributed by atoms with Crippen LogP contribution in [0.4, 0.5) is 5.69 Å². The lowest BCUT2D eigenvalue weighted by Crippen LogP contribution is -2.03. The quantitative estimate of drug-likeness (QED) is 0.601. The summed E-state index contributed by atoms with van der Waals surface area (Å²) in [6, 6.07) is 5.46. The van der Waals surface area contributed by atoms with E-state index in [2.05, 4.69) is 20.9 Å². The SMILES string of the molecule is CC(N)=Nc1ccc(Br)cc1Cl. The first-order valence-electron chi connectivity index (χ1n) is 3.35. The number of halogens is 2. The van der Waals surface area contributed by atoms with Crippen LogP contribution in [0, 0.1) is 0 Å². The number of nitrogens with two attached hydrogens (primary N) is 1. The highest BCUT2D eigenvalue weighted by atomic mass is 79.9. The summed E-state index contributed by atoms with van der Waals surface area (Å²) in [4.78, 5) is 4.04. The summed E-state index contributed by atoms with van der Waals surface area (Å²) in [6.07, 6.45) is 0. The Morgan fingerprint density at radius 3 is 2.75 bits per heavy atom. The van der Waals surface area contributed by atoms with E-state index in [1.54, 1.807) is 13.0 Å². The van der Waals surface area contributed by atoms with E-state index in [4.69, 9.17) is 17.3 Å². The average molecular weight is 248 g/mol. The van der Waals surface area contributed by atoms with Crippen molar-refractivity contribution < 1.29 is 0 Å². The fourth-order valence-electron chi connectivity index (χ4n) is 0.762. The summed E-state index contributed by atoms with van der Waals surface area (Å²) >= 11 is 9.18. The molecule has 0 unspecified atom stereocenters. The standard InChI is InChI=1S/C8H8BrClN2/c1-5(11)12-8-3-2-6(9)4-7(8)10/h2-4H,1H3,(H2,11,12). The van der Waals surface area contributed by atoms with Crippen LogP contribution in [0.15, 0.2) is 27.7 Å². The molecule has 0 saturated heterocycles. The third-order valence-electron chi connectivity index (χ3n) is 1.21. The minimum absolute atomic E-state index is 0.499. The van der Waals surface area contributed by atoms with E-state index >= 15 is 0 Å². The molecular weight excluding hydrogens is 239 g/mol. The first kappa shape index (κ1) is 9.55. The second kappa shape index (κ2) is 3.92. The Bertz CT molecular complexity index is 319. The summed E-state index contributed by atoms with van der Waals surface area (Å²) in [5, 5.41) is 0.592. The van der Waals surface area contributed by atoms with Gasteiger partial charge in [0.2, 0.25) is 0 Å². The van der Waals surface area contributed by atoms with Crippen molar-refractivity contribution in [3.8, 4) is 0 Å². The molecule has 1 aromatic rings. The summed E-state index contributed by atoms with van der Waals surface area (Å²) < 4.78 is 0.932. The van der Waals surface area contributed by atoms with Crippen molar-refractivity contribution >= 4 is 39.1 Å². The average Bonchev–Trinajstić information content (AvgIpc) is 1.94. The Balaban J connectivity index is 3.10. The maximum atomic E-state index is 5.88. The normalized spacial score (nSPS) is 11.8. The van der Waals surface area contributed by atoms with Gasteiger partial charge in [-0.3, -0.25) is 0 Å². The molecule has 0 heterocycles. The van der Waals surface area contributed by atoms with Crippen molar-refractivity contribution in [3.63, 3.8) is 0 Å². The van der Waals surface area contributed by atoms with Gasteiger partial charge < -0.3 is 5.73 Å². The number of hydrogen-bond donors (Lipinski definition) is 1. The van der Waals surface area contributed by atoms with Gasteiger partial charge in [0.1, 0.15) is 0 Å². The molecule has 0 atom stereocenters. The van der Waals surface area contributed by atoms with Gasteiger partial charge in [-0.25, -0.2) is 4.99 Å². The van der Waals surface area contributed by atoms with Gasteiger partial charge in [-0.1, -0.05) is 27.5 Å². The predicted octanol–water partition coefficient (Wildman–Crippen LogP) is 3.11. The number of aliphatic imine (C=N–C) groups is 1. The highest BCUT2D eigenvalue weighted by Gasteiger charge is 1.98. The minimum atomic E-state index is 0.499. The largest absolute Gasteiger partial charge is 0.387 e. The zero-order valence-electron chi connectivity index (χ0n) is 6.51. The van der Waals surface area contributed by atoms with Crippen LogP contribution in [0.1, 0.15) is 6.92 Å². The highest BCUT2D eigenvalue weighted by molar-refractivity contribution is 9.10. The molecule has 1 rings (SSSR count). The molecule has 64 valence electrons. The Morgan fingerprint density at radius 2 is 2.25 bits per heavy atom. The van der Waals surface area contributed by atoms with E-state index in [-0.39, 0.29) is 0 Å². The van der Waals surface area contributed by atoms with Crippen LogP contribution in [0.3, 0.4) is 0 Å². The number of amidine groups is 1. The lowest BCUT2D eigenvalue weighted by Gasteiger charge is -1.98. The maximum Gasteiger partial charge on any atom is 0.0965 e.